The summed E-state index contributed by atoms with van der Waals surface area (Å²) in [6, 6.07) is 0. The van der Waals surface area contributed by atoms with E-state index in [4.69, 9.17) is 9.47 Å². The fourth-order valence-corrected chi connectivity index (χ4v) is 1.74. The zero-order chi connectivity index (χ0) is 9.64. The maximum Gasteiger partial charge on any atom is 0.0823 e. The fraction of sp³-hybridized carbons (Fsp3) is 1.00. The topological polar surface area (TPSA) is 33.7 Å². The van der Waals surface area contributed by atoms with Crippen LogP contribution >= 0.6 is 0 Å². The van der Waals surface area contributed by atoms with Crippen molar-refractivity contribution in [1.82, 2.24) is 10.2 Å². The lowest BCUT2D eigenvalue weighted by Gasteiger charge is -2.29. The van der Waals surface area contributed by atoms with Gasteiger partial charge >= 0.3 is 0 Å². The minimum absolute atomic E-state index is 0.486. The molecule has 1 N–H and O–H groups in total. The maximum atomic E-state index is 5.65. The van der Waals surface area contributed by atoms with Crippen molar-refractivity contribution >= 4 is 0 Å². The summed E-state index contributed by atoms with van der Waals surface area (Å²) in [5, 5.41) is 3.20. The summed E-state index contributed by atoms with van der Waals surface area (Å²) in [5.41, 5.74) is 0. The van der Waals surface area contributed by atoms with Gasteiger partial charge in [0.15, 0.2) is 0 Å². The summed E-state index contributed by atoms with van der Waals surface area (Å²) in [5.74, 6) is 0. The van der Waals surface area contributed by atoms with E-state index in [2.05, 4.69) is 10.2 Å². The second-order valence-electron chi connectivity index (χ2n) is 3.96. The average molecular weight is 200 g/mol. The molecule has 14 heavy (non-hydrogen) atoms. The molecule has 0 spiro atoms. The normalized spacial score (nSPS) is 24.9. The molecule has 2 fully saturated rings. The Balaban J connectivity index is 1.45. The number of hydrogen-bond donors (Lipinski definition) is 1. The first-order valence-corrected chi connectivity index (χ1v) is 5.57. The third kappa shape index (κ3) is 3.20. The molecule has 0 atom stereocenters. The highest BCUT2D eigenvalue weighted by molar-refractivity contribution is 4.74. The zero-order valence-electron chi connectivity index (χ0n) is 8.71. The van der Waals surface area contributed by atoms with Gasteiger partial charge in [0.25, 0.3) is 0 Å². The highest BCUT2D eigenvalue weighted by Crippen LogP contribution is 2.01. The zero-order valence-corrected chi connectivity index (χ0v) is 8.71. The van der Waals surface area contributed by atoms with Gasteiger partial charge in [-0.1, -0.05) is 0 Å². The van der Waals surface area contributed by atoms with Gasteiger partial charge < -0.3 is 14.8 Å². The van der Waals surface area contributed by atoms with E-state index in [1.54, 1.807) is 0 Å². The number of ether oxygens (including phenoxy) is 2. The van der Waals surface area contributed by atoms with E-state index < -0.39 is 0 Å². The van der Waals surface area contributed by atoms with E-state index in [-0.39, 0.29) is 0 Å². The number of rotatable bonds is 5. The van der Waals surface area contributed by atoms with Crippen LogP contribution in [0.2, 0.25) is 0 Å². The van der Waals surface area contributed by atoms with Crippen molar-refractivity contribution in [3.8, 4) is 0 Å². The Hall–Kier alpha value is -0.160. The molecule has 2 aliphatic heterocycles. The standard InChI is InChI=1S/C10H20N2O2/c1(5-14-10-8-11-9-10)2-12-3-6-13-7-4-12/h10-11H,1-9H2. The first-order valence-electron chi connectivity index (χ1n) is 5.57. The Kier molecular flexibility index (Phi) is 4.19. The van der Waals surface area contributed by atoms with Crippen LogP contribution in [0.1, 0.15) is 6.42 Å². The molecule has 0 amide bonds. The predicted octanol–water partition coefficient (Wildman–Crippen LogP) is -0.303. The monoisotopic (exact) mass is 200 g/mol. The molecule has 2 heterocycles. The highest BCUT2D eigenvalue weighted by atomic mass is 16.5. The van der Waals surface area contributed by atoms with Gasteiger partial charge in [0, 0.05) is 39.3 Å². The summed E-state index contributed by atoms with van der Waals surface area (Å²) < 4.78 is 10.9. The Morgan fingerprint density at radius 2 is 2.07 bits per heavy atom. The van der Waals surface area contributed by atoms with Crippen molar-refractivity contribution in [1.29, 1.82) is 0 Å². The Morgan fingerprint density at radius 3 is 2.71 bits per heavy atom. The molecule has 0 aromatic rings. The first kappa shape index (κ1) is 10.4. The van der Waals surface area contributed by atoms with Crippen LogP contribution in [0, 0.1) is 0 Å². The lowest BCUT2D eigenvalue weighted by Crippen LogP contribution is -2.48. The summed E-state index contributed by atoms with van der Waals surface area (Å²) in [6.45, 7) is 8.11. The lowest BCUT2D eigenvalue weighted by molar-refractivity contribution is 0.00418. The summed E-state index contributed by atoms with van der Waals surface area (Å²) >= 11 is 0. The van der Waals surface area contributed by atoms with E-state index in [1.807, 2.05) is 0 Å². The van der Waals surface area contributed by atoms with E-state index >= 15 is 0 Å². The molecule has 0 aromatic carbocycles. The van der Waals surface area contributed by atoms with E-state index in [9.17, 15) is 0 Å². The molecule has 0 unspecified atom stereocenters. The van der Waals surface area contributed by atoms with Gasteiger partial charge in [0.1, 0.15) is 0 Å². The third-order valence-electron chi connectivity index (χ3n) is 2.82. The molecule has 0 bridgehead atoms. The molecule has 82 valence electrons. The summed E-state index contributed by atoms with van der Waals surface area (Å²) in [7, 11) is 0. The Bertz CT molecular complexity index is 156. The number of hydrogen-bond acceptors (Lipinski definition) is 4. The molecule has 4 nitrogen and oxygen atoms in total. The van der Waals surface area contributed by atoms with Gasteiger partial charge in [0.05, 0.1) is 19.3 Å². The van der Waals surface area contributed by atoms with Crippen LogP contribution in [0.5, 0.6) is 0 Å². The van der Waals surface area contributed by atoms with Crippen LogP contribution in [-0.2, 0) is 9.47 Å². The van der Waals surface area contributed by atoms with E-state index in [1.165, 1.54) is 0 Å². The molecule has 2 aliphatic rings. The van der Waals surface area contributed by atoms with Gasteiger partial charge in [0.2, 0.25) is 0 Å². The van der Waals surface area contributed by atoms with Gasteiger partial charge in [-0.05, 0) is 6.42 Å². The molecule has 2 saturated heterocycles. The average Bonchev–Trinajstić information content (AvgIpc) is 2.16. The minimum Gasteiger partial charge on any atom is -0.379 e. The number of nitrogens with one attached hydrogen (secondary N) is 1. The molecule has 0 aliphatic carbocycles. The molecule has 0 saturated carbocycles. The number of morpholine rings is 1. The van der Waals surface area contributed by atoms with Gasteiger partial charge in [-0.3, -0.25) is 4.90 Å². The quantitative estimate of drug-likeness (QED) is 0.618. The van der Waals surface area contributed by atoms with Gasteiger partial charge in [-0.15, -0.1) is 0 Å². The Labute approximate surface area is 85.5 Å². The van der Waals surface area contributed by atoms with Crippen LogP contribution in [-0.4, -0.2) is 63.5 Å². The fourth-order valence-electron chi connectivity index (χ4n) is 1.74. The highest BCUT2D eigenvalue weighted by Gasteiger charge is 2.16. The second-order valence-corrected chi connectivity index (χ2v) is 3.96. The molecular weight excluding hydrogens is 180 g/mol. The minimum atomic E-state index is 0.486. The van der Waals surface area contributed by atoms with E-state index in [0.717, 1.165) is 59.0 Å². The van der Waals surface area contributed by atoms with Crippen molar-refractivity contribution in [3.63, 3.8) is 0 Å². The SMILES string of the molecule is C(COC1CNC1)CN1CCOCC1. The molecule has 2 rings (SSSR count). The molecule has 0 aromatic heterocycles. The summed E-state index contributed by atoms with van der Waals surface area (Å²) in [6.07, 6.45) is 1.64. The van der Waals surface area contributed by atoms with Gasteiger partial charge in [-0.25, -0.2) is 0 Å². The van der Waals surface area contributed by atoms with Gasteiger partial charge in [-0.2, -0.15) is 0 Å². The van der Waals surface area contributed by atoms with E-state index in [0.29, 0.717) is 6.10 Å². The summed E-state index contributed by atoms with van der Waals surface area (Å²) in [4.78, 5) is 2.45. The largest absolute Gasteiger partial charge is 0.379 e. The van der Waals surface area contributed by atoms with Crippen LogP contribution in [0.15, 0.2) is 0 Å². The lowest BCUT2D eigenvalue weighted by atomic mass is 10.2. The van der Waals surface area contributed by atoms with Crippen molar-refractivity contribution in [2.24, 2.45) is 0 Å². The molecular formula is C10H20N2O2. The van der Waals surface area contributed by atoms with Crippen LogP contribution in [0.4, 0.5) is 0 Å². The van der Waals surface area contributed by atoms with Crippen molar-refractivity contribution < 1.29 is 9.47 Å². The van der Waals surface area contributed by atoms with Crippen LogP contribution in [0.3, 0.4) is 0 Å². The number of nitrogens with zero attached hydrogens (tertiary/aromatic N) is 1. The molecule has 4 heteroatoms. The smallest absolute Gasteiger partial charge is 0.0823 e. The van der Waals surface area contributed by atoms with Crippen molar-refractivity contribution in [2.45, 2.75) is 12.5 Å². The van der Waals surface area contributed by atoms with Crippen LogP contribution in [0.25, 0.3) is 0 Å². The van der Waals surface area contributed by atoms with Crippen molar-refractivity contribution in [2.75, 3.05) is 52.5 Å². The predicted molar refractivity (Wildman–Crippen MR) is 54.5 cm³/mol. The second kappa shape index (κ2) is 5.66. The first-order chi connectivity index (χ1) is 6.95. The van der Waals surface area contributed by atoms with Crippen LogP contribution < -0.4 is 5.32 Å². The Morgan fingerprint density at radius 1 is 1.29 bits per heavy atom. The third-order valence-corrected chi connectivity index (χ3v) is 2.82. The van der Waals surface area contributed by atoms with Crippen molar-refractivity contribution in [3.05, 3.63) is 0 Å². The maximum absolute atomic E-state index is 5.65. The molecule has 0 radical (unpaired) electrons.